The van der Waals surface area contributed by atoms with E-state index in [-0.39, 0.29) is 49.7 Å². The van der Waals surface area contributed by atoms with Gasteiger partial charge in [-0.3, -0.25) is 29.7 Å². The van der Waals surface area contributed by atoms with Crippen LogP contribution in [0.15, 0.2) is 24.4 Å². The number of benzene rings is 1. The highest BCUT2D eigenvalue weighted by atomic mass is 16.6. The third-order valence-corrected chi connectivity index (χ3v) is 9.86. The van der Waals surface area contributed by atoms with Crippen LogP contribution in [0.25, 0.3) is 0 Å². The van der Waals surface area contributed by atoms with E-state index in [1.165, 1.54) is 12.1 Å². The van der Waals surface area contributed by atoms with Gasteiger partial charge >= 0.3 is 23.9 Å². The first-order valence-corrected chi connectivity index (χ1v) is 24.6. The Morgan fingerprint density at radius 1 is 0.553 bits per heavy atom. The Hall–Kier alpha value is -5.84. The van der Waals surface area contributed by atoms with E-state index in [1.807, 2.05) is 0 Å². The Morgan fingerprint density at radius 3 is 1.36 bits per heavy atom. The molecule has 2 rings (SSSR count). The molecule has 76 heavy (non-hydrogen) atoms. The predicted molar refractivity (Wildman–Crippen MR) is 262 cm³/mol. The first-order valence-electron chi connectivity index (χ1n) is 24.6. The van der Waals surface area contributed by atoms with Crippen LogP contribution in [-0.4, -0.2) is 235 Å². The molecule has 1 aromatic heterocycles. The van der Waals surface area contributed by atoms with Crippen molar-refractivity contribution < 1.29 is 101 Å². The zero-order chi connectivity index (χ0) is 55.3. The molecule has 0 bridgehead atoms. The summed E-state index contributed by atoms with van der Waals surface area (Å²) < 4.78 is 67.4. The van der Waals surface area contributed by atoms with Gasteiger partial charge in [-0.1, -0.05) is 5.21 Å². The second-order valence-electron chi connectivity index (χ2n) is 15.7. The largest absolute Gasteiger partial charge is 0.481 e. The van der Waals surface area contributed by atoms with E-state index < -0.39 is 52.3 Å². The number of nitro groups is 2. The van der Waals surface area contributed by atoms with Crippen molar-refractivity contribution in [1.29, 1.82) is 0 Å². The molecule has 0 radical (unpaired) electrons. The first-order chi connectivity index (χ1) is 36.9. The molecule has 31 heteroatoms. The van der Waals surface area contributed by atoms with E-state index in [1.54, 1.807) is 10.9 Å². The summed E-state index contributed by atoms with van der Waals surface area (Å²) in [6.45, 7) is 10.0. The lowest BCUT2D eigenvalue weighted by Gasteiger charge is -2.18. The molecule has 0 aliphatic carbocycles. The van der Waals surface area contributed by atoms with Gasteiger partial charge in [-0.15, -0.1) is 5.10 Å². The van der Waals surface area contributed by atoms with Crippen molar-refractivity contribution >= 4 is 41.0 Å². The molecule has 1 aromatic carbocycles. The summed E-state index contributed by atoms with van der Waals surface area (Å²) in [6.07, 6.45) is 1.85. The van der Waals surface area contributed by atoms with Crippen LogP contribution in [0.3, 0.4) is 0 Å². The molecule has 0 saturated heterocycles. The SMILES string of the molecule is O=C(O)CC[C@H](NC(=O)N[C@@H](CCCCn1cc(COCCOCCOCCOCCOCCOCCOCCOCCOCCOCCOCCOCCNc2ccc([N+](=O)[O-])cc2[N+](=O)[O-])nn1)C(=O)O)C(=O)O. The maximum Gasteiger partial charge on any atom is 0.326 e. The molecule has 2 aromatic rings. The smallest absolute Gasteiger partial charge is 0.326 e. The molecule has 2 amide bonds. The zero-order valence-corrected chi connectivity index (χ0v) is 42.6. The number of non-ortho nitro benzene ring substituents is 1. The number of aromatic nitrogens is 3. The van der Waals surface area contributed by atoms with Gasteiger partial charge < -0.3 is 88.1 Å². The maximum atomic E-state index is 12.2. The van der Waals surface area contributed by atoms with Crippen LogP contribution < -0.4 is 16.0 Å². The molecule has 0 aliphatic heterocycles. The van der Waals surface area contributed by atoms with Crippen LogP contribution in [0.5, 0.6) is 0 Å². The summed E-state index contributed by atoms with van der Waals surface area (Å²) in [6, 6.07) is -0.385. The standard InChI is InChI=1S/C45H74N8O23/c54-42(55)7-6-40(44(58)59)48-45(60)47-39(43(56)57)3-1-2-9-51-34-36(49-50-51)35-76-32-31-75-30-29-74-28-27-73-26-25-72-24-23-71-22-21-70-20-19-69-18-17-68-16-15-67-14-13-66-12-11-65-10-8-46-38-5-4-37(52(61)62)33-41(38)53(63)64/h4-5,33-34,39-40,46H,1-3,6-32,35H2,(H,54,55)(H,56,57)(H,58,59)(H2,47,48,60)/t39-,40-/m0/s1. The number of carboxylic acid groups (broad SMARTS) is 3. The fraction of sp³-hybridized carbons (Fsp3) is 0.733. The second-order valence-corrected chi connectivity index (χ2v) is 15.7. The molecule has 432 valence electrons. The van der Waals surface area contributed by atoms with Crippen LogP contribution in [0.2, 0.25) is 0 Å². The summed E-state index contributed by atoms with van der Waals surface area (Å²) in [5, 5.41) is 64.6. The van der Waals surface area contributed by atoms with Crippen molar-refractivity contribution in [2.45, 2.75) is 57.3 Å². The average Bonchev–Trinajstić information content (AvgIpc) is 3.85. The summed E-state index contributed by atoms with van der Waals surface area (Å²) in [5.74, 6) is -3.96. The van der Waals surface area contributed by atoms with E-state index in [4.69, 9.17) is 61.9 Å². The molecule has 2 atom stereocenters. The normalized spacial score (nSPS) is 12.1. The number of carbonyl (C=O) groups excluding carboxylic acids is 1. The number of aryl methyl sites for hydroxylation is 1. The molecule has 0 fully saturated rings. The van der Waals surface area contributed by atoms with E-state index in [0.29, 0.717) is 170 Å². The van der Waals surface area contributed by atoms with Gasteiger partial charge in [-0.2, -0.15) is 0 Å². The van der Waals surface area contributed by atoms with Crippen molar-refractivity contribution in [3.8, 4) is 0 Å². The lowest BCUT2D eigenvalue weighted by Crippen LogP contribution is -2.51. The van der Waals surface area contributed by atoms with E-state index in [9.17, 15) is 49.6 Å². The third kappa shape index (κ3) is 35.4. The molecular weight excluding hydrogens is 1020 g/mol. The van der Waals surface area contributed by atoms with E-state index in [0.717, 1.165) is 6.07 Å². The summed E-state index contributed by atoms with van der Waals surface area (Å²) in [7, 11) is 0. The lowest BCUT2D eigenvalue weighted by molar-refractivity contribution is -0.393. The number of carbonyl (C=O) groups is 4. The van der Waals surface area contributed by atoms with Crippen LogP contribution in [0.4, 0.5) is 21.9 Å². The first kappa shape index (κ1) is 66.3. The van der Waals surface area contributed by atoms with Crippen LogP contribution in [0.1, 0.15) is 37.8 Å². The predicted octanol–water partition coefficient (Wildman–Crippen LogP) is 1.15. The molecule has 0 spiro atoms. The number of unbranched alkanes of at least 4 members (excludes halogenated alkanes) is 1. The van der Waals surface area contributed by atoms with Crippen molar-refractivity contribution in [3.05, 3.63) is 50.3 Å². The Kier molecular flexibility index (Phi) is 38.6. The molecule has 0 aliphatic rings. The van der Waals surface area contributed by atoms with Crippen molar-refractivity contribution in [2.24, 2.45) is 0 Å². The van der Waals surface area contributed by atoms with Gasteiger partial charge in [0, 0.05) is 25.6 Å². The number of carboxylic acids is 3. The second kappa shape index (κ2) is 44.3. The average molecular weight is 1100 g/mol. The number of nitrogens with zero attached hydrogens (tertiary/aromatic N) is 5. The van der Waals surface area contributed by atoms with Gasteiger partial charge in [0.2, 0.25) is 0 Å². The fourth-order valence-corrected chi connectivity index (χ4v) is 6.06. The molecule has 0 saturated carbocycles. The number of ether oxygens (including phenoxy) is 12. The highest BCUT2D eigenvalue weighted by Crippen LogP contribution is 2.28. The minimum Gasteiger partial charge on any atom is -0.481 e. The molecule has 1 heterocycles. The highest BCUT2D eigenvalue weighted by Gasteiger charge is 2.25. The van der Waals surface area contributed by atoms with E-state index in [2.05, 4.69) is 26.3 Å². The zero-order valence-electron chi connectivity index (χ0n) is 42.6. The fourth-order valence-electron chi connectivity index (χ4n) is 6.06. The van der Waals surface area contributed by atoms with Crippen LogP contribution in [-0.2, 0) is 84.4 Å². The number of aliphatic carboxylic acids is 3. The van der Waals surface area contributed by atoms with Crippen molar-refractivity contribution in [3.63, 3.8) is 0 Å². The van der Waals surface area contributed by atoms with Crippen LogP contribution >= 0.6 is 0 Å². The molecule has 0 unspecified atom stereocenters. The minimum atomic E-state index is -1.48. The van der Waals surface area contributed by atoms with Gasteiger partial charge in [0.05, 0.1) is 181 Å². The quantitative estimate of drug-likeness (QED) is 0.0307. The number of hydrogen-bond donors (Lipinski definition) is 6. The number of nitro benzene ring substituents is 2. The minimum absolute atomic E-state index is 0.0669. The number of nitrogens with one attached hydrogen (secondary N) is 3. The Balaban J connectivity index is 1.24. The van der Waals surface area contributed by atoms with Crippen molar-refractivity contribution in [2.75, 3.05) is 164 Å². The topological polar surface area (TPSA) is 393 Å². The molecule has 31 nitrogen and oxygen atoms in total. The Labute approximate surface area is 438 Å². The lowest BCUT2D eigenvalue weighted by atomic mass is 10.1. The van der Waals surface area contributed by atoms with Gasteiger partial charge in [-0.05, 0) is 31.7 Å². The Bertz CT molecular complexity index is 1900. The van der Waals surface area contributed by atoms with Crippen molar-refractivity contribution in [1.82, 2.24) is 25.6 Å². The van der Waals surface area contributed by atoms with Gasteiger partial charge in [-0.25, -0.2) is 14.4 Å². The van der Waals surface area contributed by atoms with Crippen LogP contribution in [0, 0.1) is 20.2 Å². The van der Waals surface area contributed by atoms with Gasteiger partial charge in [0.1, 0.15) is 23.5 Å². The summed E-state index contributed by atoms with van der Waals surface area (Å²) in [5.41, 5.74) is 0.0284. The monoisotopic (exact) mass is 1090 g/mol. The number of anilines is 1. The summed E-state index contributed by atoms with van der Waals surface area (Å²) >= 11 is 0. The highest BCUT2D eigenvalue weighted by molar-refractivity contribution is 5.86. The number of amides is 2. The third-order valence-electron chi connectivity index (χ3n) is 9.86. The molecule has 6 N–H and O–H groups in total. The summed E-state index contributed by atoms with van der Waals surface area (Å²) in [4.78, 5) is 66.4. The van der Waals surface area contributed by atoms with E-state index >= 15 is 0 Å². The maximum absolute atomic E-state index is 12.2. The molecular formula is C45H74N8O23. The number of urea groups is 1. The Morgan fingerprint density at radius 2 is 0.961 bits per heavy atom. The van der Waals surface area contributed by atoms with Gasteiger partial charge in [0.25, 0.3) is 11.4 Å². The van der Waals surface area contributed by atoms with Gasteiger partial charge in [0.15, 0.2) is 0 Å². The number of rotatable bonds is 53. The number of hydrogen-bond acceptors (Lipinski definition) is 23.